The Balaban J connectivity index is 1.78. The van der Waals surface area contributed by atoms with Crippen molar-refractivity contribution in [3.63, 3.8) is 0 Å². The van der Waals surface area contributed by atoms with Gasteiger partial charge in [-0.05, 0) is 55.0 Å². The van der Waals surface area contributed by atoms with Crippen LogP contribution < -0.4 is 19.2 Å². The third-order valence-corrected chi connectivity index (χ3v) is 6.54. The maximum atomic E-state index is 14.5. The van der Waals surface area contributed by atoms with Gasteiger partial charge in [-0.3, -0.25) is 9.10 Å². The van der Waals surface area contributed by atoms with Crippen LogP contribution in [0.25, 0.3) is 0 Å². The van der Waals surface area contributed by atoms with E-state index < -0.39 is 28.3 Å². The number of nitrogens with zero attached hydrogens (tertiary/aromatic N) is 2. The number of para-hydroxylation sites is 1. The highest BCUT2D eigenvalue weighted by Gasteiger charge is 2.28. The molecule has 188 valence electrons. The predicted octanol–water partition coefficient (Wildman–Crippen LogP) is 4.13. The minimum absolute atomic E-state index is 0.0771. The fourth-order valence-corrected chi connectivity index (χ4v) is 4.61. The van der Waals surface area contributed by atoms with E-state index in [0.29, 0.717) is 34.6 Å². The van der Waals surface area contributed by atoms with Crippen LogP contribution in [0.4, 0.5) is 10.1 Å². The van der Waals surface area contributed by atoms with Crippen LogP contribution in [0.5, 0.6) is 11.5 Å². The highest BCUT2D eigenvalue weighted by molar-refractivity contribution is 7.92. The summed E-state index contributed by atoms with van der Waals surface area (Å²) in [5, 5.41) is 3.91. The van der Waals surface area contributed by atoms with Crippen LogP contribution in [0.15, 0.2) is 95.4 Å². The van der Waals surface area contributed by atoms with Gasteiger partial charge in [0, 0.05) is 0 Å². The number of sulfonamides is 1. The summed E-state index contributed by atoms with van der Waals surface area (Å²) in [6.45, 7) is 5.50. The van der Waals surface area contributed by atoms with Crippen molar-refractivity contribution in [1.82, 2.24) is 5.43 Å². The molecule has 0 spiro atoms. The average Bonchev–Trinajstić information content (AvgIpc) is 2.88. The summed E-state index contributed by atoms with van der Waals surface area (Å²) in [7, 11) is -4.23. The standard InChI is InChI=1S/C26H26FN3O5S/c1-3-16-35-24-15-14-20(17-25(24)34-4-2)18-28-29-26(31)19-30(23-13-9-8-12-22(23)27)36(32,33)21-10-6-5-7-11-21/h3,5-15,17-18H,1,4,16,19H2,2H3,(H,29,31)/b28-18+. The smallest absolute Gasteiger partial charge is 0.264 e. The Hall–Kier alpha value is -4.18. The van der Waals surface area contributed by atoms with Crippen molar-refractivity contribution in [3.05, 3.63) is 96.8 Å². The molecule has 0 aliphatic heterocycles. The van der Waals surface area contributed by atoms with Gasteiger partial charge < -0.3 is 9.47 Å². The number of hydrogen-bond donors (Lipinski definition) is 1. The van der Waals surface area contributed by atoms with Crippen molar-refractivity contribution < 1.29 is 27.1 Å². The molecule has 3 aromatic carbocycles. The molecule has 8 nitrogen and oxygen atoms in total. The lowest BCUT2D eigenvalue weighted by Gasteiger charge is -2.24. The van der Waals surface area contributed by atoms with Gasteiger partial charge in [0.05, 0.1) is 23.4 Å². The lowest BCUT2D eigenvalue weighted by atomic mass is 10.2. The lowest BCUT2D eigenvalue weighted by molar-refractivity contribution is -0.119. The van der Waals surface area contributed by atoms with Crippen molar-refractivity contribution >= 4 is 27.8 Å². The van der Waals surface area contributed by atoms with E-state index in [0.717, 1.165) is 6.07 Å². The molecular formula is C26H26FN3O5S. The molecule has 0 radical (unpaired) electrons. The Morgan fingerprint density at radius 2 is 1.78 bits per heavy atom. The van der Waals surface area contributed by atoms with Gasteiger partial charge in [-0.25, -0.2) is 18.2 Å². The number of halogens is 1. The Labute approximate surface area is 209 Å². The molecule has 0 aliphatic carbocycles. The minimum atomic E-state index is -4.23. The Bertz CT molecular complexity index is 1330. The van der Waals surface area contributed by atoms with Gasteiger partial charge in [-0.2, -0.15) is 5.10 Å². The van der Waals surface area contributed by atoms with Gasteiger partial charge >= 0.3 is 0 Å². The number of nitrogens with one attached hydrogen (secondary N) is 1. The van der Waals surface area contributed by atoms with E-state index in [1.807, 2.05) is 6.92 Å². The van der Waals surface area contributed by atoms with Crippen LogP contribution in [-0.4, -0.2) is 40.3 Å². The fourth-order valence-electron chi connectivity index (χ4n) is 3.16. The average molecular weight is 512 g/mol. The third-order valence-electron chi connectivity index (χ3n) is 4.77. The van der Waals surface area contributed by atoms with Gasteiger partial charge in [0.1, 0.15) is 19.0 Å². The largest absolute Gasteiger partial charge is 0.490 e. The van der Waals surface area contributed by atoms with Crippen molar-refractivity contribution in [2.24, 2.45) is 5.10 Å². The predicted molar refractivity (Wildman–Crippen MR) is 136 cm³/mol. The molecule has 1 N–H and O–H groups in total. The molecule has 0 heterocycles. The van der Waals surface area contributed by atoms with E-state index in [1.165, 1.54) is 36.5 Å². The van der Waals surface area contributed by atoms with Crippen LogP contribution in [0.3, 0.4) is 0 Å². The zero-order chi connectivity index (χ0) is 26.0. The van der Waals surface area contributed by atoms with Crippen LogP contribution in [-0.2, 0) is 14.8 Å². The summed E-state index contributed by atoms with van der Waals surface area (Å²) in [6.07, 6.45) is 2.99. The molecule has 10 heteroatoms. The number of anilines is 1. The number of amides is 1. The Morgan fingerprint density at radius 1 is 1.06 bits per heavy atom. The summed E-state index contributed by atoms with van der Waals surface area (Å²) in [5.41, 5.74) is 2.64. The van der Waals surface area contributed by atoms with Crippen LogP contribution in [0, 0.1) is 5.82 Å². The number of ether oxygens (including phenoxy) is 2. The first-order chi connectivity index (χ1) is 17.4. The zero-order valence-electron chi connectivity index (χ0n) is 19.6. The maximum absolute atomic E-state index is 14.5. The Morgan fingerprint density at radius 3 is 2.47 bits per heavy atom. The maximum Gasteiger partial charge on any atom is 0.264 e. The molecule has 0 saturated heterocycles. The lowest BCUT2D eigenvalue weighted by Crippen LogP contribution is -2.40. The Kier molecular flexibility index (Phi) is 9.18. The molecule has 0 aliphatic rings. The minimum Gasteiger partial charge on any atom is -0.490 e. The van der Waals surface area contributed by atoms with Crippen LogP contribution in [0.2, 0.25) is 0 Å². The van der Waals surface area contributed by atoms with E-state index in [1.54, 1.807) is 42.5 Å². The second-order valence-electron chi connectivity index (χ2n) is 7.31. The van der Waals surface area contributed by atoms with Crippen molar-refractivity contribution in [3.8, 4) is 11.5 Å². The molecule has 0 saturated carbocycles. The van der Waals surface area contributed by atoms with Crippen molar-refractivity contribution in [1.29, 1.82) is 0 Å². The second-order valence-corrected chi connectivity index (χ2v) is 9.17. The van der Waals surface area contributed by atoms with Crippen molar-refractivity contribution in [2.45, 2.75) is 11.8 Å². The van der Waals surface area contributed by atoms with Crippen LogP contribution >= 0.6 is 0 Å². The van der Waals surface area contributed by atoms with Gasteiger partial charge in [0.25, 0.3) is 15.9 Å². The molecule has 0 atom stereocenters. The third kappa shape index (κ3) is 6.70. The molecule has 1 amide bonds. The molecule has 0 aromatic heterocycles. The SMILES string of the molecule is C=CCOc1ccc(/C=N/NC(=O)CN(c2ccccc2F)S(=O)(=O)c2ccccc2)cc1OCC. The van der Waals surface area contributed by atoms with E-state index in [2.05, 4.69) is 17.1 Å². The summed E-state index contributed by atoms with van der Waals surface area (Å²) in [4.78, 5) is 12.6. The monoisotopic (exact) mass is 511 g/mol. The van der Waals surface area contributed by atoms with E-state index in [9.17, 15) is 17.6 Å². The number of hydrazone groups is 1. The summed E-state index contributed by atoms with van der Waals surface area (Å²) < 4.78 is 52.8. The molecule has 36 heavy (non-hydrogen) atoms. The second kappa shape index (κ2) is 12.5. The number of carbonyl (C=O) groups is 1. The summed E-state index contributed by atoms with van der Waals surface area (Å²) in [6, 6.07) is 17.9. The number of hydrogen-bond acceptors (Lipinski definition) is 6. The quantitative estimate of drug-likeness (QED) is 0.224. The highest BCUT2D eigenvalue weighted by Crippen LogP contribution is 2.28. The van der Waals surface area contributed by atoms with E-state index in [-0.39, 0.29) is 10.6 Å². The normalized spacial score (nSPS) is 11.2. The zero-order valence-corrected chi connectivity index (χ0v) is 20.4. The summed E-state index contributed by atoms with van der Waals surface area (Å²) >= 11 is 0. The van der Waals surface area contributed by atoms with Gasteiger partial charge in [0.15, 0.2) is 11.5 Å². The van der Waals surface area contributed by atoms with E-state index in [4.69, 9.17) is 9.47 Å². The van der Waals surface area contributed by atoms with Gasteiger partial charge in [-0.15, -0.1) is 0 Å². The number of carbonyl (C=O) groups excluding carboxylic acids is 1. The number of benzene rings is 3. The first-order valence-corrected chi connectivity index (χ1v) is 12.5. The molecule has 0 fully saturated rings. The van der Waals surface area contributed by atoms with Gasteiger partial charge in [-0.1, -0.05) is 43.0 Å². The van der Waals surface area contributed by atoms with E-state index >= 15 is 0 Å². The topological polar surface area (TPSA) is 97.3 Å². The fraction of sp³-hybridized carbons (Fsp3) is 0.154. The molecule has 3 aromatic rings. The number of rotatable bonds is 12. The van der Waals surface area contributed by atoms with Crippen LogP contribution in [0.1, 0.15) is 12.5 Å². The first-order valence-electron chi connectivity index (χ1n) is 11.0. The highest BCUT2D eigenvalue weighted by atomic mass is 32.2. The van der Waals surface area contributed by atoms with Gasteiger partial charge in [0.2, 0.25) is 0 Å². The summed E-state index contributed by atoms with van der Waals surface area (Å²) in [5.74, 6) is -0.514. The first kappa shape index (κ1) is 26.4. The molecular weight excluding hydrogens is 485 g/mol. The molecule has 0 bridgehead atoms. The molecule has 3 rings (SSSR count). The molecule has 0 unspecified atom stereocenters. The van der Waals surface area contributed by atoms with Crippen molar-refractivity contribution in [2.75, 3.05) is 24.1 Å².